The van der Waals surface area contributed by atoms with Gasteiger partial charge < -0.3 is 9.57 Å². The van der Waals surface area contributed by atoms with Gasteiger partial charge in [-0.2, -0.15) is 0 Å². The summed E-state index contributed by atoms with van der Waals surface area (Å²) in [5.74, 6) is -0.717. The van der Waals surface area contributed by atoms with E-state index >= 15 is 0 Å². The Balaban J connectivity index is 2.89. The van der Waals surface area contributed by atoms with Crippen molar-refractivity contribution in [2.24, 2.45) is 0 Å². The van der Waals surface area contributed by atoms with Crippen molar-refractivity contribution in [2.75, 3.05) is 0 Å². The lowest BCUT2D eigenvalue weighted by Crippen LogP contribution is -2.62. The van der Waals surface area contributed by atoms with Gasteiger partial charge in [0, 0.05) is 25.3 Å². The van der Waals surface area contributed by atoms with Crippen LogP contribution in [0.4, 0.5) is 0 Å². The summed E-state index contributed by atoms with van der Waals surface area (Å²) >= 11 is 0. The number of piperidine rings is 1. The lowest BCUT2D eigenvalue weighted by atomic mass is 9.80. The molecule has 0 atom stereocenters. The van der Waals surface area contributed by atoms with E-state index in [1.54, 1.807) is 12.0 Å². The second kappa shape index (κ2) is 5.56. The molecule has 0 bridgehead atoms. The van der Waals surface area contributed by atoms with Crippen molar-refractivity contribution in [2.45, 2.75) is 71.6 Å². The number of rotatable bonds is 3. The first kappa shape index (κ1) is 16.7. The molecule has 5 nitrogen and oxygen atoms in total. The minimum absolute atomic E-state index is 0.212. The molecule has 1 aliphatic rings. The molecule has 0 aliphatic carbocycles. The molecule has 114 valence electrons. The topological polar surface area (TPSA) is 55.8 Å². The Bertz CT molecular complexity index is 408. The summed E-state index contributed by atoms with van der Waals surface area (Å²) in [6, 6.07) is 0. The van der Waals surface area contributed by atoms with Gasteiger partial charge in [0.2, 0.25) is 0 Å². The monoisotopic (exact) mass is 283 g/mol. The molecule has 0 N–H and O–H groups in total. The molecular weight excluding hydrogens is 258 g/mol. The molecule has 0 amide bonds. The summed E-state index contributed by atoms with van der Waals surface area (Å²) in [6.07, 6.45) is 0.988. The molecular formula is C15H25NO4. The number of carbonyl (C=O) groups excluding carboxylic acids is 2. The van der Waals surface area contributed by atoms with Crippen molar-refractivity contribution in [3.63, 3.8) is 0 Å². The minimum Gasteiger partial charge on any atom is -0.459 e. The predicted molar refractivity (Wildman–Crippen MR) is 75.7 cm³/mol. The number of esters is 1. The first-order valence-electron chi connectivity index (χ1n) is 6.81. The molecule has 0 aromatic heterocycles. The Kier molecular flexibility index (Phi) is 4.64. The van der Waals surface area contributed by atoms with E-state index in [0.717, 1.165) is 0 Å². The molecule has 1 rings (SSSR count). The highest BCUT2D eigenvalue weighted by Gasteiger charge is 2.49. The maximum Gasteiger partial charge on any atom is 0.333 e. The molecule has 1 heterocycles. The van der Waals surface area contributed by atoms with Gasteiger partial charge in [0.25, 0.3) is 0 Å². The van der Waals surface area contributed by atoms with Gasteiger partial charge in [0.05, 0.1) is 11.1 Å². The van der Waals surface area contributed by atoms with Crippen molar-refractivity contribution >= 4 is 11.9 Å². The zero-order valence-corrected chi connectivity index (χ0v) is 13.3. The van der Waals surface area contributed by atoms with Crippen LogP contribution in [0.5, 0.6) is 0 Å². The largest absolute Gasteiger partial charge is 0.459 e. The third-order valence-corrected chi connectivity index (χ3v) is 3.40. The predicted octanol–water partition coefficient (Wildman–Crippen LogP) is 2.61. The van der Waals surface area contributed by atoms with Gasteiger partial charge in [-0.3, -0.25) is 4.79 Å². The number of hydrogen-bond acceptors (Lipinski definition) is 5. The van der Waals surface area contributed by atoms with Gasteiger partial charge >= 0.3 is 11.9 Å². The quantitative estimate of drug-likeness (QED) is 0.588. The summed E-state index contributed by atoms with van der Waals surface area (Å²) in [5, 5.41) is 1.72. The summed E-state index contributed by atoms with van der Waals surface area (Å²) in [4.78, 5) is 28.3. The molecule has 0 spiro atoms. The normalized spacial score (nSPS) is 22.1. The van der Waals surface area contributed by atoms with Gasteiger partial charge in [-0.1, -0.05) is 6.58 Å². The van der Waals surface area contributed by atoms with E-state index in [1.807, 2.05) is 27.7 Å². The summed E-state index contributed by atoms with van der Waals surface area (Å²) in [7, 11) is 0. The fraction of sp³-hybridized carbons (Fsp3) is 0.733. The minimum atomic E-state index is -0.409. The first-order valence-corrected chi connectivity index (χ1v) is 6.81. The fourth-order valence-corrected chi connectivity index (χ4v) is 2.88. The second-order valence-electron chi connectivity index (χ2n) is 6.72. The van der Waals surface area contributed by atoms with Crippen molar-refractivity contribution in [1.29, 1.82) is 0 Å². The van der Waals surface area contributed by atoms with E-state index < -0.39 is 11.1 Å². The SMILES string of the molecule is C=C(C)C(=O)OC1CC(C)(C)N(OC(C)=O)C(C)(C)C1. The van der Waals surface area contributed by atoms with Gasteiger partial charge in [0.15, 0.2) is 0 Å². The van der Waals surface area contributed by atoms with Crippen LogP contribution in [0.25, 0.3) is 0 Å². The van der Waals surface area contributed by atoms with Crippen LogP contribution < -0.4 is 0 Å². The molecule has 1 aliphatic heterocycles. The summed E-state index contributed by atoms with van der Waals surface area (Å²) in [6.45, 7) is 14.5. The molecule has 5 heteroatoms. The third kappa shape index (κ3) is 3.82. The fourth-order valence-electron chi connectivity index (χ4n) is 2.88. The molecule has 1 fully saturated rings. The van der Waals surface area contributed by atoms with Crippen molar-refractivity contribution in [3.8, 4) is 0 Å². The van der Waals surface area contributed by atoms with Crippen molar-refractivity contribution in [3.05, 3.63) is 12.2 Å². The lowest BCUT2D eigenvalue weighted by Gasteiger charge is -2.52. The number of hydrogen-bond donors (Lipinski definition) is 0. The third-order valence-electron chi connectivity index (χ3n) is 3.40. The number of ether oxygens (including phenoxy) is 1. The van der Waals surface area contributed by atoms with Gasteiger partial charge in [0.1, 0.15) is 6.10 Å². The van der Waals surface area contributed by atoms with Gasteiger partial charge in [-0.15, -0.1) is 5.06 Å². The van der Waals surface area contributed by atoms with Crippen LogP contribution in [0, 0.1) is 0 Å². The lowest BCUT2D eigenvalue weighted by molar-refractivity contribution is -0.275. The first-order chi connectivity index (χ1) is 8.95. The highest BCUT2D eigenvalue weighted by atomic mass is 16.7. The van der Waals surface area contributed by atoms with Crippen molar-refractivity contribution in [1.82, 2.24) is 5.06 Å². The van der Waals surface area contributed by atoms with E-state index in [4.69, 9.17) is 9.57 Å². The molecule has 20 heavy (non-hydrogen) atoms. The Morgan fingerprint density at radius 2 is 1.55 bits per heavy atom. The Labute approximate surface area is 120 Å². The zero-order chi connectivity index (χ0) is 15.7. The van der Waals surface area contributed by atoms with E-state index in [9.17, 15) is 9.59 Å². The summed E-state index contributed by atoms with van der Waals surface area (Å²) in [5.41, 5.74) is -0.427. The van der Waals surface area contributed by atoms with E-state index in [0.29, 0.717) is 18.4 Å². The van der Waals surface area contributed by atoms with E-state index in [-0.39, 0.29) is 18.0 Å². The van der Waals surface area contributed by atoms with Crippen LogP contribution in [0.2, 0.25) is 0 Å². The molecule has 0 radical (unpaired) electrons. The smallest absolute Gasteiger partial charge is 0.333 e. The van der Waals surface area contributed by atoms with Crippen molar-refractivity contribution < 1.29 is 19.2 Å². The van der Waals surface area contributed by atoms with Crippen LogP contribution in [0.1, 0.15) is 54.4 Å². The number of hydroxylamine groups is 2. The average molecular weight is 283 g/mol. The number of carbonyl (C=O) groups is 2. The molecule has 0 aromatic carbocycles. The highest BCUT2D eigenvalue weighted by Crippen LogP contribution is 2.39. The Morgan fingerprint density at radius 3 is 1.90 bits per heavy atom. The number of nitrogens with zero attached hydrogens (tertiary/aromatic N) is 1. The molecule has 0 unspecified atom stereocenters. The van der Waals surface area contributed by atoms with E-state index in [1.165, 1.54) is 6.92 Å². The highest BCUT2D eigenvalue weighted by molar-refractivity contribution is 5.87. The standard InChI is InChI=1S/C15H25NO4/c1-10(2)13(18)19-12-8-14(4,5)16(20-11(3)17)15(6,7)9-12/h12H,1,8-9H2,2-7H3. The molecule has 0 aromatic rings. The van der Waals surface area contributed by atoms with Gasteiger partial charge in [-0.25, -0.2) is 4.79 Å². The van der Waals surface area contributed by atoms with E-state index in [2.05, 4.69) is 6.58 Å². The average Bonchev–Trinajstić information content (AvgIpc) is 2.22. The van der Waals surface area contributed by atoms with Crippen LogP contribution in [-0.4, -0.2) is 34.2 Å². The van der Waals surface area contributed by atoms with Gasteiger partial charge in [-0.05, 0) is 34.6 Å². The Morgan fingerprint density at radius 1 is 1.10 bits per heavy atom. The maximum atomic E-state index is 11.7. The zero-order valence-electron chi connectivity index (χ0n) is 13.3. The van der Waals surface area contributed by atoms with Crippen LogP contribution in [0.3, 0.4) is 0 Å². The second-order valence-corrected chi connectivity index (χ2v) is 6.72. The molecule has 0 saturated carbocycles. The van der Waals surface area contributed by atoms with Crippen LogP contribution in [-0.2, 0) is 19.2 Å². The molecule has 1 saturated heterocycles. The summed E-state index contributed by atoms with van der Waals surface area (Å²) < 4.78 is 5.47. The van der Waals surface area contributed by atoms with Crippen LogP contribution >= 0.6 is 0 Å². The maximum absolute atomic E-state index is 11.7. The van der Waals surface area contributed by atoms with Crippen LogP contribution in [0.15, 0.2) is 12.2 Å². The Hall–Kier alpha value is -1.36.